The maximum Gasteiger partial charge on any atom is 0.254 e. The standard InChI is InChI=1S/C20H18N4O4/c1-12-9-24(20(25)13-4-5-16-17(7-13)27-11-26-16)10-15(12)19-22-18(23-28-19)14-3-2-6-21-8-14/h2-8,12,15H,9-11H2,1H3. The first kappa shape index (κ1) is 16.7. The van der Waals surface area contributed by atoms with Gasteiger partial charge in [-0.3, -0.25) is 9.78 Å². The van der Waals surface area contributed by atoms with Gasteiger partial charge in [-0.1, -0.05) is 12.1 Å². The molecule has 28 heavy (non-hydrogen) atoms. The van der Waals surface area contributed by atoms with E-state index >= 15 is 0 Å². The summed E-state index contributed by atoms with van der Waals surface area (Å²) in [6, 6.07) is 8.98. The molecule has 5 rings (SSSR count). The van der Waals surface area contributed by atoms with Crippen molar-refractivity contribution in [3.05, 3.63) is 54.2 Å². The second-order valence-corrected chi connectivity index (χ2v) is 7.06. The molecule has 0 bridgehead atoms. The van der Waals surface area contributed by atoms with Crippen molar-refractivity contribution in [3.8, 4) is 22.9 Å². The van der Waals surface area contributed by atoms with E-state index in [2.05, 4.69) is 22.0 Å². The summed E-state index contributed by atoms with van der Waals surface area (Å²) in [5, 5.41) is 4.07. The highest BCUT2D eigenvalue weighted by Gasteiger charge is 2.37. The van der Waals surface area contributed by atoms with E-state index in [1.165, 1.54) is 0 Å². The average Bonchev–Trinajstić information content (AvgIpc) is 3.46. The summed E-state index contributed by atoms with van der Waals surface area (Å²) in [6.07, 6.45) is 3.39. The molecule has 2 unspecified atom stereocenters. The molecule has 0 aliphatic carbocycles. The van der Waals surface area contributed by atoms with Gasteiger partial charge in [0.2, 0.25) is 18.5 Å². The van der Waals surface area contributed by atoms with Crippen LogP contribution in [0.25, 0.3) is 11.4 Å². The van der Waals surface area contributed by atoms with Crippen molar-refractivity contribution in [1.29, 1.82) is 0 Å². The summed E-state index contributed by atoms with van der Waals surface area (Å²) >= 11 is 0. The van der Waals surface area contributed by atoms with Gasteiger partial charge in [0.05, 0.1) is 5.92 Å². The number of hydrogen-bond acceptors (Lipinski definition) is 7. The molecule has 0 N–H and O–H groups in total. The van der Waals surface area contributed by atoms with Crippen molar-refractivity contribution in [2.45, 2.75) is 12.8 Å². The molecule has 2 aliphatic rings. The molecule has 4 heterocycles. The predicted molar refractivity (Wildman–Crippen MR) is 97.9 cm³/mol. The highest BCUT2D eigenvalue weighted by molar-refractivity contribution is 5.95. The fraction of sp³-hybridized carbons (Fsp3) is 0.300. The normalized spacial score (nSPS) is 20.5. The topological polar surface area (TPSA) is 90.6 Å². The lowest BCUT2D eigenvalue weighted by molar-refractivity contribution is 0.0785. The Bertz CT molecular complexity index is 1020. The third kappa shape index (κ3) is 2.87. The largest absolute Gasteiger partial charge is 0.454 e. The number of amides is 1. The van der Waals surface area contributed by atoms with Crippen LogP contribution < -0.4 is 9.47 Å². The van der Waals surface area contributed by atoms with E-state index in [9.17, 15) is 4.79 Å². The molecule has 8 heteroatoms. The van der Waals surface area contributed by atoms with Gasteiger partial charge in [-0.05, 0) is 36.2 Å². The Morgan fingerprint density at radius 2 is 2.07 bits per heavy atom. The molecular formula is C20H18N4O4. The minimum Gasteiger partial charge on any atom is -0.454 e. The molecule has 0 spiro atoms. The lowest BCUT2D eigenvalue weighted by Crippen LogP contribution is -2.28. The van der Waals surface area contributed by atoms with Gasteiger partial charge in [0.1, 0.15) is 0 Å². The lowest BCUT2D eigenvalue weighted by atomic mass is 9.98. The van der Waals surface area contributed by atoms with E-state index < -0.39 is 0 Å². The Balaban J connectivity index is 1.34. The summed E-state index contributed by atoms with van der Waals surface area (Å²) < 4.78 is 16.2. The van der Waals surface area contributed by atoms with Crippen LogP contribution in [-0.4, -0.2) is 45.8 Å². The molecular weight excluding hydrogens is 360 g/mol. The van der Waals surface area contributed by atoms with Crippen molar-refractivity contribution in [2.24, 2.45) is 5.92 Å². The van der Waals surface area contributed by atoms with Gasteiger partial charge >= 0.3 is 0 Å². The molecule has 2 aromatic heterocycles. The summed E-state index contributed by atoms with van der Waals surface area (Å²) in [7, 11) is 0. The number of hydrogen-bond donors (Lipinski definition) is 0. The number of rotatable bonds is 3. The molecule has 142 valence electrons. The zero-order valence-electron chi connectivity index (χ0n) is 15.2. The average molecular weight is 378 g/mol. The number of likely N-dealkylation sites (tertiary alicyclic amines) is 1. The molecule has 8 nitrogen and oxygen atoms in total. The maximum absolute atomic E-state index is 13.0. The van der Waals surface area contributed by atoms with E-state index in [1.54, 1.807) is 30.6 Å². The lowest BCUT2D eigenvalue weighted by Gasteiger charge is -2.16. The van der Waals surface area contributed by atoms with Crippen molar-refractivity contribution < 1.29 is 18.8 Å². The van der Waals surface area contributed by atoms with E-state index in [4.69, 9.17) is 14.0 Å². The second-order valence-electron chi connectivity index (χ2n) is 7.06. The van der Waals surface area contributed by atoms with Gasteiger partial charge in [-0.15, -0.1) is 0 Å². The zero-order chi connectivity index (χ0) is 19.1. The minimum absolute atomic E-state index is 0.00381. The quantitative estimate of drug-likeness (QED) is 0.692. The van der Waals surface area contributed by atoms with E-state index in [-0.39, 0.29) is 24.5 Å². The van der Waals surface area contributed by atoms with Crippen LogP contribution in [0.5, 0.6) is 11.5 Å². The second kappa shape index (κ2) is 6.63. The number of aromatic nitrogens is 3. The fourth-order valence-electron chi connectivity index (χ4n) is 3.66. The van der Waals surface area contributed by atoms with Crippen LogP contribution in [0.3, 0.4) is 0 Å². The van der Waals surface area contributed by atoms with E-state index in [1.807, 2.05) is 17.0 Å². The van der Waals surface area contributed by atoms with Gasteiger partial charge in [0.25, 0.3) is 5.91 Å². The maximum atomic E-state index is 13.0. The van der Waals surface area contributed by atoms with E-state index in [0.29, 0.717) is 41.9 Å². The van der Waals surface area contributed by atoms with Gasteiger partial charge in [-0.2, -0.15) is 4.98 Å². The summed E-state index contributed by atoms with van der Waals surface area (Å²) in [6.45, 7) is 3.43. The Morgan fingerprint density at radius 3 is 2.93 bits per heavy atom. The van der Waals surface area contributed by atoms with Crippen molar-refractivity contribution >= 4 is 5.91 Å². The molecule has 0 radical (unpaired) electrons. The zero-order valence-corrected chi connectivity index (χ0v) is 15.2. The molecule has 3 aromatic rings. The van der Waals surface area contributed by atoms with Gasteiger partial charge in [0.15, 0.2) is 11.5 Å². The number of carbonyl (C=O) groups excluding carboxylic acids is 1. The molecule has 0 saturated carbocycles. The third-order valence-electron chi connectivity index (χ3n) is 5.20. The van der Waals surface area contributed by atoms with Crippen LogP contribution in [0, 0.1) is 5.92 Å². The molecule has 1 saturated heterocycles. The number of nitrogens with zero attached hydrogens (tertiary/aromatic N) is 4. The first-order valence-corrected chi connectivity index (χ1v) is 9.12. The summed E-state index contributed by atoms with van der Waals surface area (Å²) in [4.78, 5) is 23.4. The Labute approximate surface area is 161 Å². The summed E-state index contributed by atoms with van der Waals surface area (Å²) in [5.74, 6) is 2.49. The number of fused-ring (bicyclic) bond motifs is 1. The van der Waals surface area contributed by atoms with Crippen molar-refractivity contribution in [1.82, 2.24) is 20.0 Å². The Morgan fingerprint density at radius 1 is 1.18 bits per heavy atom. The molecule has 1 aromatic carbocycles. The molecule has 2 atom stereocenters. The predicted octanol–water partition coefficient (Wildman–Crippen LogP) is 2.74. The molecule has 1 fully saturated rings. The monoisotopic (exact) mass is 378 g/mol. The van der Waals surface area contributed by atoms with Crippen LogP contribution >= 0.6 is 0 Å². The minimum atomic E-state index is -0.0420. The van der Waals surface area contributed by atoms with E-state index in [0.717, 1.165) is 5.56 Å². The Hall–Kier alpha value is -3.42. The number of benzene rings is 1. The van der Waals surface area contributed by atoms with Crippen LogP contribution in [0.4, 0.5) is 0 Å². The van der Waals surface area contributed by atoms with Crippen LogP contribution in [-0.2, 0) is 0 Å². The first-order chi connectivity index (χ1) is 13.7. The number of carbonyl (C=O) groups is 1. The summed E-state index contributed by atoms with van der Waals surface area (Å²) in [5.41, 5.74) is 1.38. The van der Waals surface area contributed by atoms with Crippen molar-refractivity contribution in [2.75, 3.05) is 19.9 Å². The van der Waals surface area contributed by atoms with Crippen LogP contribution in [0.1, 0.15) is 29.1 Å². The van der Waals surface area contributed by atoms with Gasteiger partial charge in [-0.25, -0.2) is 0 Å². The fourth-order valence-corrected chi connectivity index (χ4v) is 3.66. The number of ether oxygens (including phenoxy) is 2. The SMILES string of the molecule is CC1CN(C(=O)c2ccc3c(c2)OCO3)CC1c1nc(-c2cccnc2)no1. The molecule has 1 amide bonds. The first-order valence-electron chi connectivity index (χ1n) is 9.12. The van der Waals surface area contributed by atoms with Crippen molar-refractivity contribution in [3.63, 3.8) is 0 Å². The Kier molecular flexibility index (Phi) is 3.96. The van der Waals surface area contributed by atoms with Gasteiger partial charge in [0, 0.05) is 36.6 Å². The highest BCUT2D eigenvalue weighted by atomic mass is 16.7. The molecule has 2 aliphatic heterocycles. The smallest absolute Gasteiger partial charge is 0.254 e. The van der Waals surface area contributed by atoms with Gasteiger partial charge < -0.3 is 18.9 Å². The number of pyridine rings is 1. The van der Waals surface area contributed by atoms with Crippen LogP contribution in [0.2, 0.25) is 0 Å². The third-order valence-corrected chi connectivity index (χ3v) is 5.20. The van der Waals surface area contributed by atoms with Crippen LogP contribution in [0.15, 0.2) is 47.2 Å². The highest BCUT2D eigenvalue weighted by Crippen LogP contribution is 2.36.